The lowest BCUT2D eigenvalue weighted by atomic mass is 10.0. The van der Waals surface area contributed by atoms with E-state index >= 15 is 0 Å². The van der Waals surface area contributed by atoms with Crippen LogP contribution in [0, 0.1) is 11.3 Å². The Hall–Kier alpha value is -2.68. The van der Waals surface area contributed by atoms with Crippen molar-refractivity contribution in [1.82, 2.24) is 0 Å². The van der Waals surface area contributed by atoms with Crippen LogP contribution in [-0.4, -0.2) is 24.4 Å². The zero-order valence-electron chi connectivity index (χ0n) is 16.4. The first-order chi connectivity index (χ1) is 14.9. The molecule has 2 N–H and O–H groups in total. The normalized spacial score (nSPS) is 12.2. The summed E-state index contributed by atoms with van der Waals surface area (Å²) in [7, 11) is 0. The number of benzene rings is 3. The van der Waals surface area contributed by atoms with Crippen molar-refractivity contribution in [2.45, 2.75) is 6.10 Å². The number of nitriles is 1. The van der Waals surface area contributed by atoms with Crippen LogP contribution < -0.4 is 10.1 Å². The SMILES string of the molecule is N#C/C(=C\c1ccc(OCC(O)CNc2ccc(Cl)cc2)cc1)c1ccc(Cl)c(Cl)c1. The van der Waals surface area contributed by atoms with E-state index in [1.807, 2.05) is 24.3 Å². The van der Waals surface area contributed by atoms with Gasteiger partial charge in [0.05, 0.1) is 21.7 Å². The van der Waals surface area contributed by atoms with Crippen LogP contribution in [0.4, 0.5) is 5.69 Å². The van der Waals surface area contributed by atoms with Gasteiger partial charge in [0.2, 0.25) is 0 Å². The molecule has 31 heavy (non-hydrogen) atoms. The second kappa shape index (κ2) is 11.1. The van der Waals surface area contributed by atoms with E-state index in [0.29, 0.717) is 38.5 Å². The lowest BCUT2D eigenvalue weighted by molar-refractivity contribution is 0.117. The second-order valence-electron chi connectivity index (χ2n) is 6.72. The van der Waals surface area contributed by atoms with E-state index < -0.39 is 6.10 Å². The van der Waals surface area contributed by atoms with Crippen LogP contribution in [0.5, 0.6) is 5.75 Å². The number of nitrogens with one attached hydrogen (secondary N) is 1. The quantitative estimate of drug-likeness (QED) is 0.287. The Kier molecular flexibility index (Phi) is 8.22. The van der Waals surface area contributed by atoms with Crippen molar-refractivity contribution in [2.24, 2.45) is 0 Å². The van der Waals surface area contributed by atoms with Crippen molar-refractivity contribution < 1.29 is 9.84 Å². The summed E-state index contributed by atoms with van der Waals surface area (Å²) in [5, 5.41) is 24.2. The molecule has 1 unspecified atom stereocenters. The van der Waals surface area contributed by atoms with Gasteiger partial charge < -0.3 is 15.2 Å². The third kappa shape index (κ3) is 6.92. The zero-order chi connectivity index (χ0) is 22.2. The van der Waals surface area contributed by atoms with Gasteiger partial charge in [0, 0.05) is 17.3 Å². The molecular weight excluding hydrogens is 455 g/mol. The molecular formula is C24H19Cl3N2O2. The smallest absolute Gasteiger partial charge is 0.119 e. The molecule has 0 aliphatic heterocycles. The monoisotopic (exact) mass is 472 g/mol. The van der Waals surface area contributed by atoms with Crippen LogP contribution in [0.25, 0.3) is 11.6 Å². The Morgan fingerprint density at radius 2 is 1.71 bits per heavy atom. The highest BCUT2D eigenvalue weighted by molar-refractivity contribution is 6.42. The fraction of sp³-hybridized carbons (Fsp3) is 0.125. The summed E-state index contributed by atoms with van der Waals surface area (Å²) in [5.41, 5.74) is 2.86. The van der Waals surface area contributed by atoms with Gasteiger partial charge in [-0.15, -0.1) is 0 Å². The minimum Gasteiger partial charge on any atom is -0.491 e. The predicted molar refractivity (Wildman–Crippen MR) is 128 cm³/mol. The molecule has 0 amide bonds. The molecule has 3 aromatic rings. The summed E-state index contributed by atoms with van der Waals surface area (Å²) in [5.74, 6) is 0.621. The molecule has 0 bridgehead atoms. The number of ether oxygens (including phenoxy) is 1. The number of halogens is 3. The summed E-state index contributed by atoms with van der Waals surface area (Å²) >= 11 is 17.8. The molecule has 4 nitrogen and oxygen atoms in total. The summed E-state index contributed by atoms with van der Waals surface area (Å²) in [4.78, 5) is 0. The maximum absolute atomic E-state index is 10.1. The van der Waals surface area contributed by atoms with E-state index in [2.05, 4.69) is 11.4 Å². The van der Waals surface area contributed by atoms with E-state index in [9.17, 15) is 10.4 Å². The Labute approximate surface area is 196 Å². The first-order valence-electron chi connectivity index (χ1n) is 9.42. The van der Waals surface area contributed by atoms with E-state index in [0.717, 1.165) is 11.3 Å². The molecule has 0 aliphatic carbocycles. The third-order valence-electron chi connectivity index (χ3n) is 4.37. The van der Waals surface area contributed by atoms with Gasteiger partial charge in [-0.2, -0.15) is 5.26 Å². The van der Waals surface area contributed by atoms with Crippen molar-refractivity contribution in [2.75, 3.05) is 18.5 Å². The van der Waals surface area contributed by atoms with Crippen molar-refractivity contribution in [3.63, 3.8) is 0 Å². The topological polar surface area (TPSA) is 65.3 Å². The van der Waals surface area contributed by atoms with Crippen molar-refractivity contribution in [1.29, 1.82) is 5.26 Å². The lowest BCUT2D eigenvalue weighted by Crippen LogP contribution is -2.26. The van der Waals surface area contributed by atoms with Crippen LogP contribution in [0.3, 0.4) is 0 Å². The number of allylic oxidation sites excluding steroid dienone is 1. The summed E-state index contributed by atoms with van der Waals surface area (Å²) in [6, 6.07) is 21.7. The Bertz CT molecular complexity index is 1090. The first-order valence-corrected chi connectivity index (χ1v) is 10.6. The molecule has 3 rings (SSSR count). The number of hydrogen-bond donors (Lipinski definition) is 2. The average Bonchev–Trinajstić information content (AvgIpc) is 2.78. The van der Waals surface area contributed by atoms with Gasteiger partial charge in [-0.3, -0.25) is 0 Å². The van der Waals surface area contributed by atoms with E-state index in [4.69, 9.17) is 39.5 Å². The van der Waals surface area contributed by atoms with E-state index in [1.54, 1.807) is 48.5 Å². The van der Waals surface area contributed by atoms with Crippen molar-refractivity contribution in [3.8, 4) is 11.8 Å². The molecule has 158 valence electrons. The highest BCUT2D eigenvalue weighted by Crippen LogP contribution is 2.27. The fourth-order valence-corrected chi connectivity index (χ4v) is 3.15. The number of aliphatic hydroxyl groups is 1. The molecule has 0 radical (unpaired) electrons. The molecule has 7 heteroatoms. The predicted octanol–water partition coefficient (Wildman–Crippen LogP) is 6.56. The molecule has 1 atom stereocenters. The number of anilines is 1. The molecule has 0 aliphatic rings. The minimum absolute atomic E-state index is 0.141. The van der Waals surface area contributed by atoms with Gasteiger partial charge in [0.25, 0.3) is 0 Å². The van der Waals surface area contributed by atoms with Crippen molar-refractivity contribution in [3.05, 3.63) is 92.9 Å². The van der Waals surface area contributed by atoms with Gasteiger partial charge >= 0.3 is 0 Å². The van der Waals surface area contributed by atoms with Crippen LogP contribution in [0.2, 0.25) is 15.1 Å². The minimum atomic E-state index is -0.685. The van der Waals surface area contributed by atoms with Gasteiger partial charge in [-0.25, -0.2) is 0 Å². The van der Waals surface area contributed by atoms with Crippen LogP contribution in [0.15, 0.2) is 66.7 Å². The molecule has 0 spiro atoms. The summed E-state index contributed by atoms with van der Waals surface area (Å²) in [6.45, 7) is 0.486. The van der Waals surface area contributed by atoms with Gasteiger partial charge in [-0.1, -0.05) is 53.0 Å². The molecule has 0 fully saturated rings. The maximum Gasteiger partial charge on any atom is 0.119 e. The average molecular weight is 474 g/mol. The maximum atomic E-state index is 10.1. The first kappa shape index (κ1) is 23.0. The number of aliphatic hydroxyl groups excluding tert-OH is 1. The van der Waals surface area contributed by atoms with Crippen LogP contribution in [0.1, 0.15) is 11.1 Å². The van der Waals surface area contributed by atoms with E-state index in [-0.39, 0.29) is 6.61 Å². The second-order valence-corrected chi connectivity index (χ2v) is 7.97. The molecule has 0 saturated carbocycles. The highest BCUT2D eigenvalue weighted by atomic mass is 35.5. The highest BCUT2D eigenvalue weighted by Gasteiger charge is 2.07. The molecule has 0 heterocycles. The van der Waals surface area contributed by atoms with Crippen molar-refractivity contribution >= 4 is 52.1 Å². The van der Waals surface area contributed by atoms with Crippen LogP contribution in [-0.2, 0) is 0 Å². The van der Waals surface area contributed by atoms with E-state index in [1.165, 1.54) is 0 Å². The Balaban J connectivity index is 1.55. The van der Waals surface area contributed by atoms with Gasteiger partial charge in [0.1, 0.15) is 18.5 Å². The number of rotatable bonds is 8. The number of hydrogen-bond acceptors (Lipinski definition) is 4. The number of nitrogens with zero attached hydrogens (tertiary/aromatic N) is 1. The lowest BCUT2D eigenvalue weighted by Gasteiger charge is -2.14. The van der Waals surface area contributed by atoms with Crippen LogP contribution >= 0.6 is 34.8 Å². The largest absolute Gasteiger partial charge is 0.491 e. The fourth-order valence-electron chi connectivity index (χ4n) is 2.73. The third-order valence-corrected chi connectivity index (χ3v) is 5.36. The Morgan fingerprint density at radius 3 is 2.35 bits per heavy atom. The molecule has 3 aromatic carbocycles. The van der Waals surface area contributed by atoms with Gasteiger partial charge in [0.15, 0.2) is 0 Å². The summed E-state index contributed by atoms with van der Waals surface area (Å²) < 4.78 is 5.65. The molecule has 0 saturated heterocycles. The van der Waals surface area contributed by atoms with Gasteiger partial charge in [-0.05, 0) is 65.7 Å². The Morgan fingerprint density at radius 1 is 1.00 bits per heavy atom. The standard InChI is InChI=1S/C24H19Cl3N2O2/c25-19-4-6-20(7-5-19)29-14-21(30)15-31-22-8-1-16(2-9-22)11-18(13-28)17-3-10-23(26)24(27)12-17/h1-12,21,29-30H,14-15H2/b18-11+. The zero-order valence-corrected chi connectivity index (χ0v) is 18.6. The summed E-state index contributed by atoms with van der Waals surface area (Å²) in [6.07, 6.45) is 1.07. The molecule has 0 aromatic heterocycles.